The van der Waals surface area contributed by atoms with Gasteiger partial charge in [-0.3, -0.25) is 0 Å². The molecule has 1 saturated heterocycles. The van der Waals surface area contributed by atoms with E-state index in [-0.39, 0.29) is 12.2 Å². The van der Waals surface area contributed by atoms with Crippen LogP contribution >= 0.6 is 11.5 Å². The van der Waals surface area contributed by atoms with Gasteiger partial charge in [-0.25, -0.2) is 4.79 Å². The molecule has 106 valence electrons. The minimum absolute atomic E-state index is 0.0778. The minimum atomic E-state index is -0.450. The van der Waals surface area contributed by atoms with E-state index in [1.54, 1.807) is 4.90 Å². The van der Waals surface area contributed by atoms with Crippen LogP contribution in [0, 0.1) is 6.92 Å². The van der Waals surface area contributed by atoms with Crippen LogP contribution in [0.1, 0.15) is 31.3 Å². The highest BCUT2D eigenvalue weighted by molar-refractivity contribution is 7.05. The summed E-state index contributed by atoms with van der Waals surface area (Å²) in [6.45, 7) is 9.17. The highest BCUT2D eigenvalue weighted by atomic mass is 32.1. The molecule has 2 rings (SSSR count). The van der Waals surface area contributed by atoms with Gasteiger partial charge in [0.1, 0.15) is 5.60 Å². The van der Waals surface area contributed by atoms with Gasteiger partial charge in [0.15, 0.2) is 0 Å². The van der Waals surface area contributed by atoms with Crippen LogP contribution in [0.3, 0.4) is 0 Å². The first-order valence-corrected chi connectivity index (χ1v) is 7.00. The fraction of sp³-hybridized carbons (Fsp3) is 0.750. The Bertz CT molecular complexity index is 449. The number of aromatic nitrogens is 2. The van der Waals surface area contributed by atoms with Crippen LogP contribution < -0.4 is 0 Å². The van der Waals surface area contributed by atoms with Gasteiger partial charge in [0.25, 0.3) is 0 Å². The Balaban J connectivity index is 1.69. The van der Waals surface area contributed by atoms with Gasteiger partial charge in [0, 0.05) is 0 Å². The molecular formula is C12H19N3O3S. The second-order valence-electron chi connectivity index (χ2n) is 5.60. The molecular weight excluding hydrogens is 266 g/mol. The van der Waals surface area contributed by atoms with Crippen LogP contribution in [-0.4, -0.2) is 45.4 Å². The number of aryl methyl sites for hydroxylation is 1. The second kappa shape index (κ2) is 5.42. The maximum absolute atomic E-state index is 11.7. The van der Waals surface area contributed by atoms with E-state index in [2.05, 4.69) is 9.59 Å². The van der Waals surface area contributed by atoms with Gasteiger partial charge in [-0.1, -0.05) is 4.49 Å². The maximum atomic E-state index is 11.7. The summed E-state index contributed by atoms with van der Waals surface area (Å²) in [5.41, 5.74) is 0.461. The molecule has 0 spiro atoms. The molecule has 7 heteroatoms. The number of hydrogen-bond donors (Lipinski definition) is 0. The van der Waals surface area contributed by atoms with Gasteiger partial charge in [0.2, 0.25) is 0 Å². The summed E-state index contributed by atoms with van der Waals surface area (Å²) < 4.78 is 14.8. The van der Waals surface area contributed by atoms with Crippen molar-refractivity contribution in [2.24, 2.45) is 0 Å². The van der Waals surface area contributed by atoms with E-state index in [0.29, 0.717) is 19.7 Å². The summed E-state index contributed by atoms with van der Waals surface area (Å²) in [6, 6.07) is 0. The third kappa shape index (κ3) is 3.87. The molecule has 6 nitrogen and oxygen atoms in total. The van der Waals surface area contributed by atoms with E-state index in [4.69, 9.17) is 9.47 Å². The normalized spacial score (nSPS) is 16.3. The molecule has 0 aliphatic carbocycles. The lowest BCUT2D eigenvalue weighted by atomic mass is 10.2. The first-order chi connectivity index (χ1) is 8.85. The lowest BCUT2D eigenvalue weighted by Gasteiger charge is -2.39. The van der Waals surface area contributed by atoms with Crippen molar-refractivity contribution in [3.05, 3.63) is 10.6 Å². The standard InChI is InChI=1S/C12H19N3O3S/c1-8-10(19-14-13-8)7-17-9-5-15(6-9)11(16)18-12(2,3)4/h9H,5-7H2,1-4H3. The molecule has 2 heterocycles. The van der Waals surface area contributed by atoms with Crippen LogP contribution in [0.2, 0.25) is 0 Å². The van der Waals surface area contributed by atoms with Gasteiger partial charge in [-0.05, 0) is 39.2 Å². The summed E-state index contributed by atoms with van der Waals surface area (Å²) in [6.07, 6.45) is -0.197. The van der Waals surface area contributed by atoms with Gasteiger partial charge in [-0.2, -0.15) is 0 Å². The van der Waals surface area contributed by atoms with Crippen molar-refractivity contribution < 1.29 is 14.3 Å². The Morgan fingerprint density at radius 3 is 2.68 bits per heavy atom. The zero-order chi connectivity index (χ0) is 14.0. The molecule has 1 aliphatic rings. The third-order valence-corrected chi connectivity index (χ3v) is 3.49. The first kappa shape index (κ1) is 14.2. The number of amides is 1. The molecule has 0 radical (unpaired) electrons. The minimum Gasteiger partial charge on any atom is -0.444 e. The van der Waals surface area contributed by atoms with Crippen molar-refractivity contribution in [1.29, 1.82) is 0 Å². The average Bonchev–Trinajstić information content (AvgIpc) is 2.59. The highest BCUT2D eigenvalue weighted by Gasteiger charge is 2.34. The van der Waals surface area contributed by atoms with E-state index in [1.807, 2.05) is 27.7 Å². The summed E-state index contributed by atoms with van der Waals surface area (Å²) in [7, 11) is 0. The molecule has 0 unspecified atom stereocenters. The largest absolute Gasteiger partial charge is 0.444 e. The van der Waals surface area contributed by atoms with Crippen molar-refractivity contribution in [3.8, 4) is 0 Å². The Morgan fingerprint density at radius 1 is 1.47 bits per heavy atom. The summed E-state index contributed by atoms with van der Waals surface area (Å²) >= 11 is 1.35. The first-order valence-electron chi connectivity index (χ1n) is 6.22. The molecule has 0 atom stereocenters. The second-order valence-corrected chi connectivity index (χ2v) is 6.44. The topological polar surface area (TPSA) is 64.6 Å². The molecule has 1 aromatic rings. The van der Waals surface area contributed by atoms with Crippen LogP contribution in [0.5, 0.6) is 0 Å². The molecule has 1 fully saturated rings. The number of likely N-dealkylation sites (tertiary alicyclic amines) is 1. The molecule has 1 amide bonds. The van der Waals surface area contributed by atoms with Crippen molar-refractivity contribution in [1.82, 2.24) is 14.5 Å². The van der Waals surface area contributed by atoms with Crippen LogP contribution in [0.4, 0.5) is 4.79 Å². The Morgan fingerprint density at radius 2 is 2.16 bits per heavy atom. The van der Waals surface area contributed by atoms with Gasteiger partial charge < -0.3 is 14.4 Å². The monoisotopic (exact) mass is 285 g/mol. The molecule has 19 heavy (non-hydrogen) atoms. The Hall–Kier alpha value is -1.21. The van der Waals surface area contributed by atoms with Gasteiger partial charge >= 0.3 is 6.09 Å². The smallest absolute Gasteiger partial charge is 0.410 e. The summed E-state index contributed by atoms with van der Waals surface area (Å²) in [5.74, 6) is 0. The van der Waals surface area contributed by atoms with E-state index in [0.717, 1.165) is 10.6 Å². The number of nitrogens with zero attached hydrogens (tertiary/aromatic N) is 3. The molecule has 1 aliphatic heterocycles. The van der Waals surface area contributed by atoms with Crippen LogP contribution in [0.25, 0.3) is 0 Å². The number of ether oxygens (including phenoxy) is 2. The van der Waals surface area contributed by atoms with Crippen molar-refractivity contribution in [2.75, 3.05) is 13.1 Å². The van der Waals surface area contributed by atoms with Crippen molar-refractivity contribution in [2.45, 2.75) is 46.0 Å². The summed E-state index contributed by atoms with van der Waals surface area (Å²) in [5, 5.41) is 3.93. The van der Waals surface area contributed by atoms with E-state index in [9.17, 15) is 4.79 Å². The van der Waals surface area contributed by atoms with E-state index >= 15 is 0 Å². The molecule has 0 bridgehead atoms. The van der Waals surface area contributed by atoms with Gasteiger partial charge in [0.05, 0.1) is 36.4 Å². The van der Waals surface area contributed by atoms with E-state index in [1.165, 1.54) is 11.5 Å². The van der Waals surface area contributed by atoms with Crippen LogP contribution in [0.15, 0.2) is 0 Å². The van der Waals surface area contributed by atoms with Crippen LogP contribution in [-0.2, 0) is 16.1 Å². The number of hydrogen-bond acceptors (Lipinski definition) is 6. The lowest BCUT2D eigenvalue weighted by Crippen LogP contribution is -2.55. The quantitative estimate of drug-likeness (QED) is 0.849. The van der Waals surface area contributed by atoms with Crippen molar-refractivity contribution >= 4 is 17.6 Å². The molecule has 0 saturated carbocycles. The zero-order valence-corrected chi connectivity index (χ0v) is 12.5. The predicted octanol–water partition coefficient (Wildman–Crippen LogP) is 1.98. The maximum Gasteiger partial charge on any atom is 0.410 e. The average molecular weight is 285 g/mol. The zero-order valence-electron chi connectivity index (χ0n) is 11.7. The predicted molar refractivity (Wildman–Crippen MR) is 71.0 cm³/mol. The third-order valence-electron chi connectivity index (χ3n) is 2.70. The number of carbonyl (C=O) groups excluding carboxylic acids is 1. The number of carbonyl (C=O) groups is 1. The Labute approximate surface area is 116 Å². The van der Waals surface area contributed by atoms with Crippen molar-refractivity contribution in [3.63, 3.8) is 0 Å². The Kier molecular flexibility index (Phi) is 4.05. The lowest BCUT2D eigenvalue weighted by molar-refractivity contribution is -0.0686. The molecule has 1 aromatic heterocycles. The number of rotatable bonds is 3. The van der Waals surface area contributed by atoms with E-state index < -0.39 is 5.60 Å². The fourth-order valence-electron chi connectivity index (χ4n) is 1.60. The summed E-state index contributed by atoms with van der Waals surface area (Å²) in [4.78, 5) is 14.4. The SMILES string of the molecule is Cc1nnsc1COC1CN(C(=O)OC(C)(C)C)C1. The highest BCUT2D eigenvalue weighted by Crippen LogP contribution is 2.19. The molecule has 0 aromatic carbocycles. The molecule has 0 N–H and O–H groups in total. The fourth-order valence-corrected chi connectivity index (χ4v) is 2.15. The van der Waals surface area contributed by atoms with Gasteiger partial charge in [-0.15, -0.1) is 5.10 Å².